The molecule has 1 rings (SSSR count). The summed E-state index contributed by atoms with van der Waals surface area (Å²) in [7, 11) is 0. The van der Waals surface area contributed by atoms with Crippen LogP contribution in [0.1, 0.15) is 26.3 Å². The summed E-state index contributed by atoms with van der Waals surface area (Å²) in [4.78, 5) is 10.3. The molecule has 5 heteroatoms. The fourth-order valence-electron chi connectivity index (χ4n) is 1.48. The van der Waals surface area contributed by atoms with Crippen molar-refractivity contribution in [3.05, 3.63) is 46.0 Å². The Hall–Kier alpha value is -1.88. The van der Waals surface area contributed by atoms with Gasteiger partial charge in [-0.25, -0.2) is 0 Å². The predicted molar refractivity (Wildman–Crippen MR) is 80.2 cm³/mol. The van der Waals surface area contributed by atoms with Crippen LogP contribution < -0.4 is 10.1 Å². The van der Waals surface area contributed by atoms with Crippen LogP contribution in [0.4, 0.5) is 5.69 Å². The summed E-state index contributed by atoms with van der Waals surface area (Å²) in [6.07, 6.45) is 0. The van der Waals surface area contributed by atoms with Crippen LogP contribution >= 0.6 is 0 Å². The lowest BCUT2D eigenvalue weighted by molar-refractivity contribution is -0.384. The number of nitro groups is 1. The molecule has 0 atom stereocenters. The molecule has 0 amide bonds. The summed E-state index contributed by atoms with van der Waals surface area (Å²) >= 11 is 0. The first-order chi connectivity index (χ1) is 9.19. The summed E-state index contributed by atoms with van der Waals surface area (Å²) in [6, 6.07) is 4.60. The van der Waals surface area contributed by atoms with E-state index in [0.717, 1.165) is 11.1 Å². The maximum Gasteiger partial charge on any atom is 0.273 e. The van der Waals surface area contributed by atoms with Gasteiger partial charge in [0, 0.05) is 18.2 Å². The largest absolute Gasteiger partial charge is 0.489 e. The van der Waals surface area contributed by atoms with Crippen LogP contribution in [0.15, 0.2) is 30.4 Å². The average molecular weight is 278 g/mol. The summed E-state index contributed by atoms with van der Waals surface area (Å²) in [5, 5.41) is 14.1. The van der Waals surface area contributed by atoms with Crippen molar-refractivity contribution in [2.24, 2.45) is 0 Å². The number of hydrogen-bond acceptors (Lipinski definition) is 4. The normalized spacial score (nSPS) is 11.2. The molecule has 5 nitrogen and oxygen atoms in total. The van der Waals surface area contributed by atoms with E-state index < -0.39 is 4.92 Å². The molecule has 1 N–H and O–H groups in total. The van der Waals surface area contributed by atoms with Crippen LogP contribution in [0.5, 0.6) is 5.75 Å². The minimum absolute atomic E-state index is 0.0182. The number of benzene rings is 1. The number of aryl methyl sites for hydroxylation is 1. The number of non-ortho nitro benzene ring substituents is 1. The Balaban J connectivity index is 2.59. The van der Waals surface area contributed by atoms with Gasteiger partial charge in [0.15, 0.2) is 0 Å². The average Bonchev–Trinajstić information content (AvgIpc) is 2.34. The van der Waals surface area contributed by atoms with E-state index >= 15 is 0 Å². The summed E-state index contributed by atoms with van der Waals surface area (Å²) < 4.78 is 5.61. The maximum atomic E-state index is 10.7. The molecule has 0 aliphatic rings. The third-order valence-electron chi connectivity index (χ3n) is 2.68. The number of hydrogen-bond donors (Lipinski definition) is 1. The number of ether oxygens (including phenoxy) is 1. The highest BCUT2D eigenvalue weighted by atomic mass is 16.6. The summed E-state index contributed by atoms with van der Waals surface area (Å²) in [5.74, 6) is 0.524. The van der Waals surface area contributed by atoms with Gasteiger partial charge in [-0.05, 0) is 44.9 Å². The molecule has 0 radical (unpaired) electrons. The fourth-order valence-corrected chi connectivity index (χ4v) is 1.48. The van der Waals surface area contributed by atoms with Crippen LogP contribution in [0.25, 0.3) is 0 Å². The van der Waals surface area contributed by atoms with Gasteiger partial charge in [-0.2, -0.15) is 0 Å². The highest BCUT2D eigenvalue weighted by Gasteiger charge is 2.11. The Morgan fingerprint density at radius 2 is 2.10 bits per heavy atom. The Labute approximate surface area is 119 Å². The van der Waals surface area contributed by atoms with Crippen LogP contribution in [0.2, 0.25) is 0 Å². The van der Waals surface area contributed by atoms with Crippen molar-refractivity contribution in [2.75, 3.05) is 13.2 Å². The minimum atomic E-state index is -0.428. The lowest BCUT2D eigenvalue weighted by Crippen LogP contribution is -2.37. The van der Waals surface area contributed by atoms with Gasteiger partial charge >= 0.3 is 0 Å². The SMILES string of the molecule is C=C(CNC(C)(C)C)COc1cc([N+](=O)[O-])ccc1C. The number of nitrogens with zero attached hydrogens (tertiary/aromatic N) is 1. The quantitative estimate of drug-likeness (QED) is 0.493. The van der Waals surface area contributed by atoms with Crippen molar-refractivity contribution in [1.29, 1.82) is 0 Å². The van der Waals surface area contributed by atoms with Gasteiger partial charge in [-0.3, -0.25) is 10.1 Å². The van der Waals surface area contributed by atoms with E-state index in [9.17, 15) is 10.1 Å². The van der Waals surface area contributed by atoms with Crippen LogP contribution in [-0.4, -0.2) is 23.6 Å². The van der Waals surface area contributed by atoms with E-state index in [-0.39, 0.29) is 11.2 Å². The molecule has 0 saturated heterocycles. The molecule has 0 aliphatic carbocycles. The van der Waals surface area contributed by atoms with Crippen LogP contribution in [0, 0.1) is 17.0 Å². The van der Waals surface area contributed by atoms with E-state index in [4.69, 9.17) is 4.74 Å². The van der Waals surface area contributed by atoms with Gasteiger partial charge in [-0.15, -0.1) is 0 Å². The van der Waals surface area contributed by atoms with Crippen molar-refractivity contribution < 1.29 is 9.66 Å². The third kappa shape index (κ3) is 5.40. The molecule has 1 aromatic rings. The van der Waals surface area contributed by atoms with Crippen molar-refractivity contribution in [3.63, 3.8) is 0 Å². The van der Waals surface area contributed by atoms with Crippen LogP contribution in [0.3, 0.4) is 0 Å². The molecular formula is C15H22N2O3. The Kier molecular flexibility index (Phi) is 5.27. The van der Waals surface area contributed by atoms with E-state index in [1.54, 1.807) is 6.07 Å². The molecule has 0 unspecified atom stereocenters. The van der Waals surface area contributed by atoms with Crippen molar-refractivity contribution in [1.82, 2.24) is 5.32 Å². The number of nitrogens with one attached hydrogen (secondary N) is 1. The van der Waals surface area contributed by atoms with Crippen LogP contribution in [-0.2, 0) is 0 Å². The van der Waals surface area contributed by atoms with E-state index in [1.165, 1.54) is 12.1 Å². The second-order valence-electron chi connectivity index (χ2n) is 5.85. The van der Waals surface area contributed by atoms with Gasteiger partial charge in [-0.1, -0.05) is 6.58 Å². The molecule has 0 heterocycles. The molecule has 20 heavy (non-hydrogen) atoms. The highest BCUT2D eigenvalue weighted by Crippen LogP contribution is 2.24. The Morgan fingerprint density at radius 3 is 2.65 bits per heavy atom. The molecule has 0 fully saturated rings. The maximum absolute atomic E-state index is 10.7. The highest BCUT2D eigenvalue weighted by molar-refractivity contribution is 5.43. The second kappa shape index (κ2) is 6.52. The molecule has 0 spiro atoms. The van der Waals surface area contributed by atoms with E-state index in [0.29, 0.717) is 18.9 Å². The molecular weight excluding hydrogens is 256 g/mol. The molecule has 0 aliphatic heterocycles. The number of nitro benzene ring substituents is 1. The summed E-state index contributed by atoms with van der Waals surface area (Å²) in [5.41, 5.74) is 1.81. The first-order valence-electron chi connectivity index (χ1n) is 6.48. The second-order valence-corrected chi connectivity index (χ2v) is 5.85. The number of rotatable bonds is 6. The van der Waals surface area contributed by atoms with Crippen molar-refractivity contribution in [3.8, 4) is 5.75 Å². The third-order valence-corrected chi connectivity index (χ3v) is 2.68. The predicted octanol–water partition coefficient (Wildman–Crippen LogP) is 3.23. The molecule has 110 valence electrons. The zero-order valence-electron chi connectivity index (χ0n) is 12.5. The van der Waals surface area contributed by atoms with Crippen molar-refractivity contribution >= 4 is 5.69 Å². The van der Waals surface area contributed by atoms with E-state index in [2.05, 4.69) is 32.7 Å². The Morgan fingerprint density at radius 1 is 1.45 bits per heavy atom. The van der Waals surface area contributed by atoms with Gasteiger partial charge in [0.05, 0.1) is 11.0 Å². The monoisotopic (exact) mass is 278 g/mol. The standard InChI is InChI=1S/C15H22N2O3/c1-11(9-16-15(3,4)5)10-20-14-8-13(17(18)19)7-6-12(14)2/h6-8,16H,1,9-10H2,2-5H3. The topological polar surface area (TPSA) is 64.4 Å². The minimum Gasteiger partial charge on any atom is -0.489 e. The first-order valence-corrected chi connectivity index (χ1v) is 6.48. The fraction of sp³-hybridized carbons (Fsp3) is 0.467. The zero-order chi connectivity index (χ0) is 15.3. The molecule has 0 aromatic heterocycles. The van der Waals surface area contributed by atoms with Gasteiger partial charge in [0.25, 0.3) is 5.69 Å². The van der Waals surface area contributed by atoms with Gasteiger partial charge in [0.1, 0.15) is 12.4 Å². The first kappa shape index (κ1) is 16.2. The lowest BCUT2D eigenvalue weighted by Gasteiger charge is -2.21. The lowest BCUT2D eigenvalue weighted by atomic mass is 10.1. The Bertz CT molecular complexity index is 504. The smallest absolute Gasteiger partial charge is 0.273 e. The van der Waals surface area contributed by atoms with Gasteiger partial charge < -0.3 is 10.1 Å². The molecule has 1 aromatic carbocycles. The molecule has 0 saturated carbocycles. The molecule has 0 bridgehead atoms. The summed E-state index contributed by atoms with van der Waals surface area (Å²) in [6.45, 7) is 13.0. The zero-order valence-corrected chi connectivity index (χ0v) is 12.5. The van der Waals surface area contributed by atoms with Gasteiger partial charge in [0.2, 0.25) is 0 Å². The van der Waals surface area contributed by atoms with Crippen molar-refractivity contribution in [2.45, 2.75) is 33.2 Å². The van der Waals surface area contributed by atoms with E-state index in [1.807, 2.05) is 6.92 Å².